The van der Waals surface area contributed by atoms with Gasteiger partial charge in [0.1, 0.15) is 5.15 Å². The lowest BCUT2D eigenvalue weighted by Crippen LogP contribution is -2.14. The average molecular weight is 254 g/mol. The van der Waals surface area contributed by atoms with Gasteiger partial charge in [0.25, 0.3) is 0 Å². The van der Waals surface area contributed by atoms with E-state index in [1.807, 2.05) is 0 Å². The molecule has 1 aromatic rings. The van der Waals surface area contributed by atoms with Gasteiger partial charge < -0.3 is 4.74 Å². The van der Waals surface area contributed by atoms with E-state index in [2.05, 4.69) is 9.72 Å². The highest BCUT2D eigenvalue weighted by atomic mass is 35.5. The molecule has 0 atom stereocenters. The van der Waals surface area contributed by atoms with Gasteiger partial charge in [0.15, 0.2) is 0 Å². The van der Waals surface area contributed by atoms with E-state index in [0.29, 0.717) is 6.07 Å². The second-order valence-electron chi connectivity index (χ2n) is 2.91. The standard InChI is InChI=1S/C9H7ClF3NO2/c1-16-8(15)2-5-4-14-7(10)3-6(5)9(11,12)13/h3-4H,2H2,1H3. The minimum Gasteiger partial charge on any atom is -0.469 e. The van der Waals surface area contributed by atoms with E-state index in [9.17, 15) is 18.0 Å². The monoisotopic (exact) mass is 253 g/mol. The molecule has 3 nitrogen and oxygen atoms in total. The first-order chi connectivity index (χ1) is 7.34. The van der Waals surface area contributed by atoms with Crippen LogP contribution in [0.15, 0.2) is 12.3 Å². The number of halogens is 4. The molecule has 7 heteroatoms. The Balaban J connectivity index is 3.13. The van der Waals surface area contributed by atoms with E-state index in [0.717, 1.165) is 13.3 Å². The highest BCUT2D eigenvalue weighted by Gasteiger charge is 2.34. The smallest absolute Gasteiger partial charge is 0.416 e. The predicted octanol–water partition coefficient (Wildman–Crippen LogP) is 2.47. The number of aromatic nitrogens is 1. The topological polar surface area (TPSA) is 39.2 Å². The minimum atomic E-state index is -4.57. The first-order valence-corrected chi connectivity index (χ1v) is 4.51. The molecule has 1 aromatic heterocycles. The second kappa shape index (κ2) is 4.69. The number of esters is 1. The first-order valence-electron chi connectivity index (χ1n) is 4.13. The highest BCUT2D eigenvalue weighted by Crippen LogP contribution is 2.33. The first kappa shape index (κ1) is 12.8. The van der Waals surface area contributed by atoms with Gasteiger partial charge in [-0.05, 0) is 11.6 Å². The molecule has 0 saturated carbocycles. The molecule has 16 heavy (non-hydrogen) atoms. The van der Waals surface area contributed by atoms with Gasteiger partial charge >= 0.3 is 12.1 Å². The van der Waals surface area contributed by atoms with Gasteiger partial charge in [-0.2, -0.15) is 13.2 Å². The lowest BCUT2D eigenvalue weighted by molar-refractivity contribution is -0.141. The van der Waals surface area contributed by atoms with Gasteiger partial charge in [-0.3, -0.25) is 4.79 Å². The Bertz CT molecular complexity index is 406. The van der Waals surface area contributed by atoms with Gasteiger partial charge in [-0.25, -0.2) is 4.98 Å². The van der Waals surface area contributed by atoms with E-state index in [4.69, 9.17) is 11.6 Å². The van der Waals surface area contributed by atoms with E-state index in [-0.39, 0.29) is 10.7 Å². The van der Waals surface area contributed by atoms with Crippen molar-refractivity contribution in [3.8, 4) is 0 Å². The Labute approximate surface area is 94.2 Å². The number of hydrogen-bond donors (Lipinski definition) is 0. The lowest BCUT2D eigenvalue weighted by Gasteiger charge is -2.11. The molecule has 88 valence electrons. The summed E-state index contributed by atoms with van der Waals surface area (Å²) < 4.78 is 41.9. The van der Waals surface area contributed by atoms with Crippen molar-refractivity contribution in [1.82, 2.24) is 4.98 Å². The molecule has 0 unspecified atom stereocenters. The fraction of sp³-hybridized carbons (Fsp3) is 0.333. The Morgan fingerprint density at radius 2 is 2.19 bits per heavy atom. The van der Waals surface area contributed by atoms with Crippen LogP contribution in [0.3, 0.4) is 0 Å². The van der Waals surface area contributed by atoms with Crippen LogP contribution in [-0.2, 0) is 22.1 Å². The van der Waals surface area contributed by atoms with Crippen LogP contribution in [0.4, 0.5) is 13.2 Å². The molecule has 0 saturated heterocycles. The molecular formula is C9H7ClF3NO2. The number of ether oxygens (including phenoxy) is 1. The summed E-state index contributed by atoms with van der Waals surface area (Å²) in [7, 11) is 1.10. The van der Waals surface area contributed by atoms with Crippen molar-refractivity contribution in [1.29, 1.82) is 0 Å². The van der Waals surface area contributed by atoms with Gasteiger partial charge in [-0.15, -0.1) is 0 Å². The molecule has 0 radical (unpaired) electrons. The number of alkyl halides is 3. The summed E-state index contributed by atoms with van der Waals surface area (Å²) in [6.07, 6.45) is -4.15. The summed E-state index contributed by atoms with van der Waals surface area (Å²) >= 11 is 5.37. The number of hydrogen-bond acceptors (Lipinski definition) is 3. The molecule has 1 rings (SSSR count). The van der Waals surface area contributed by atoms with Crippen molar-refractivity contribution in [2.45, 2.75) is 12.6 Å². The van der Waals surface area contributed by atoms with Crippen molar-refractivity contribution < 1.29 is 22.7 Å². The molecule has 1 heterocycles. The lowest BCUT2D eigenvalue weighted by atomic mass is 10.1. The zero-order valence-corrected chi connectivity index (χ0v) is 8.89. The number of nitrogens with zero attached hydrogens (tertiary/aromatic N) is 1. The summed E-state index contributed by atoms with van der Waals surface area (Å²) in [5.41, 5.74) is -1.23. The number of carbonyl (C=O) groups excluding carboxylic acids is 1. The van der Waals surface area contributed by atoms with Crippen LogP contribution in [0.5, 0.6) is 0 Å². The highest BCUT2D eigenvalue weighted by molar-refractivity contribution is 6.29. The molecule has 0 bridgehead atoms. The van der Waals surface area contributed by atoms with Crippen molar-refractivity contribution in [3.05, 3.63) is 28.5 Å². The zero-order chi connectivity index (χ0) is 12.3. The maximum atomic E-state index is 12.5. The van der Waals surface area contributed by atoms with E-state index >= 15 is 0 Å². The van der Waals surface area contributed by atoms with Gasteiger partial charge in [0, 0.05) is 6.20 Å². The third-order valence-corrected chi connectivity index (χ3v) is 2.03. The fourth-order valence-electron chi connectivity index (χ4n) is 1.09. The Kier molecular flexibility index (Phi) is 3.74. The zero-order valence-electron chi connectivity index (χ0n) is 8.14. The number of rotatable bonds is 2. The van der Waals surface area contributed by atoms with E-state index in [1.165, 1.54) is 0 Å². The van der Waals surface area contributed by atoms with Crippen molar-refractivity contribution in [2.24, 2.45) is 0 Å². The van der Waals surface area contributed by atoms with Crippen molar-refractivity contribution >= 4 is 17.6 Å². The molecule has 0 aliphatic heterocycles. The summed E-state index contributed by atoms with van der Waals surface area (Å²) in [6, 6.07) is 0.680. The average Bonchev–Trinajstić information content (AvgIpc) is 2.19. The Hall–Kier alpha value is -1.30. The molecule has 0 amide bonds. The molecule has 0 fully saturated rings. The third-order valence-electron chi connectivity index (χ3n) is 1.82. The molecule has 0 aliphatic rings. The van der Waals surface area contributed by atoms with Gasteiger partial charge in [-0.1, -0.05) is 11.6 Å². The largest absolute Gasteiger partial charge is 0.469 e. The number of carbonyl (C=O) groups is 1. The quantitative estimate of drug-likeness (QED) is 0.600. The van der Waals surface area contributed by atoms with Gasteiger partial charge in [0.2, 0.25) is 0 Å². The van der Waals surface area contributed by atoms with Crippen LogP contribution in [0.2, 0.25) is 5.15 Å². The van der Waals surface area contributed by atoms with Crippen molar-refractivity contribution in [2.75, 3.05) is 7.11 Å². The molecule has 0 N–H and O–H groups in total. The minimum absolute atomic E-state index is 0.260. The summed E-state index contributed by atoms with van der Waals surface area (Å²) in [5, 5.41) is -0.277. The summed E-state index contributed by atoms with van der Waals surface area (Å²) in [6.45, 7) is 0. The Morgan fingerprint density at radius 1 is 1.56 bits per heavy atom. The normalized spacial score (nSPS) is 11.3. The van der Waals surface area contributed by atoms with Crippen LogP contribution in [0.25, 0.3) is 0 Å². The fourth-order valence-corrected chi connectivity index (χ4v) is 1.25. The van der Waals surface area contributed by atoms with Crippen LogP contribution in [0.1, 0.15) is 11.1 Å². The SMILES string of the molecule is COC(=O)Cc1cnc(Cl)cc1C(F)(F)F. The summed E-state index contributed by atoms with van der Waals surface area (Å²) in [4.78, 5) is 14.4. The third kappa shape index (κ3) is 3.10. The maximum absolute atomic E-state index is 12.5. The summed E-state index contributed by atoms with van der Waals surface area (Å²) in [5.74, 6) is -0.769. The molecule has 0 aromatic carbocycles. The predicted molar refractivity (Wildman–Crippen MR) is 50.0 cm³/mol. The van der Waals surface area contributed by atoms with Crippen LogP contribution < -0.4 is 0 Å². The number of methoxy groups -OCH3 is 1. The van der Waals surface area contributed by atoms with E-state index in [1.54, 1.807) is 0 Å². The maximum Gasteiger partial charge on any atom is 0.416 e. The number of pyridine rings is 1. The second-order valence-corrected chi connectivity index (χ2v) is 3.30. The van der Waals surface area contributed by atoms with Crippen LogP contribution in [-0.4, -0.2) is 18.1 Å². The molecule has 0 spiro atoms. The Morgan fingerprint density at radius 3 is 2.69 bits per heavy atom. The van der Waals surface area contributed by atoms with Crippen molar-refractivity contribution in [3.63, 3.8) is 0 Å². The van der Waals surface area contributed by atoms with Gasteiger partial charge in [0.05, 0.1) is 19.1 Å². The van der Waals surface area contributed by atoms with Crippen LogP contribution >= 0.6 is 11.6 Å². The van der Waals surface area contributed by atoms with E-state index < -0.39 is 24.1 Å². The molecule has 0 aliphatic carbocycles. The van der Waals surface area contributed by atoms with Crippen LogP contribution in [0, 0.1) is 0 Å². The molecular weight excluding hydrogens is 247 g/mol.